The van der Waals surface area contributed by atoms with E-state index in [4.69, 9.17) is 4.74 Å². The first-order chi connectivity index (χ1) is 10.4. The van der Waals surface area contributed by atoms with Crippen LogP contribution in [0.5, 0.6) is 5.75 Å². The molecule has 0 spiro atoms. The molecule has 6 heteroatoms. The number of carboxylic acid groups (broad SMARTS) is 1. The zero-order valence-electron chi connectivity index (χ0n) is 12.6. The third-order valence-electron chi connectivity index (χ3n) is 3.41. The normalized spacial score (nSPS) is 10.4. The van der Waals surface area contributed by atoms with Crippen LogP contribution in [0.15, 0.2) is 34.9 Å². The molecule has 0 aliphatic carbocycles. The summed E-state index contributed by atoms with van der Waals surface area (Å²) in [4.78, 5) is 17.2. The lowest BCUT2D eigenvalue weighted by Gasteiger charge is -2.21. The Hall–Kier alpha value is -2.08. The van der Waals surface area contributed by atoms with Gasteiger partial charge in [-0.15, -0.1) is 0 Å². The van der Waals surface area contributed by atoms with Crippen molar-refractivity contribution < 1.29 is 14.6 Å². The Morgan fingerprint density at radius 2 is 2.14 bits per heavy atom. The lowest BCUT2D eigenvalue weighted by Crippen LogP contribution is -2.29. The van der Waals surface area contributed by atoms with Crippen molar-refractivity contribution in [3.63, 3.8) is 0 Å². The average Bonchev–Trinajstić information content (AvgIpc) is 2.46. The fourth-order valence-electron chi connectivity index (χ4n) is 2.29. The second-order valence-corrected chi connectivity index (χ2v) is 5.81. The molecule has 1 heterocycles. The largest absolute Gasteiger partial charge is 0.496 e. The molecule has 0 saturated carbocycles. The van der Waals surface area contributed by atoms with Crippen LogP contribution < -0.4 is 9.64 Å². The summed E-state index contributed by atoms with van der Waals surface area (Å²) in [5.74, 6) is 0.740. The van der Waals surface area contributed by atoms with Crippen molar-refractivity contribution in [2.24, 2.45) is 0 Å². The van der Waals surface area contributed by atoms with E-state index in [1.165, 1.54) is 4.90 Å². The van der Waals surface area contributed by atoms with E-state index in [1.807, 2.05) is 19.9 Å². The predicted octanol–water partition coefficient (Wildman–Crippen LogP) is 4.15. The first kappa shape index (κ1) is 16.3. The molecule has 2 aromatic rings. The number of hydrogen-bond donors (Lipinski definition) is 1. The summed E-state index contributed by atoms with van der Waals surface area (Å²) in [5.41, 5.74) is 3.03. The monoisotopic (exact) mass is 364 g/mol. The van der Waals surface area contributed by atoms with E-state index in [2.05, 4.69) is 20.9 Å². The average molecular weight is 365 g/mol. The number of amides is 1. The zero-order valence-corrected chi connectivity index (χ0v) is 14.2. The molecule has 0 atom stereocenters. The van der Waals surface area contributed by atoms with Crippen molar-refractivity contribution >= 4 is 27.7 Å². The van der Waals surface area contributed by atoms with Gasteiger partial charge in [-0.1, -0.05) is 22.0 Å². The highest BCUT2D eigenvalue weighted by Gasteiger charge is 2.19. The molecule has 0 aliphatic rings. The third-order valence-corrected chi connectivity index (χ3v) is 3.90. The second-order valence-electron chi connectivity index (χ2n) is 4.89. The number of halogens is 1. The third kappa shape index (κ3) is 3.39. The molecule has 1 aromatic carbocycles. The molecule has 2 rings (SSSR count). The van der Waals surface area contributed by atoms with Gasteiger partial charge < -0.3 is 9.84 Å². The number of hydrogen-bond acceptors (Lipinski definition) is 3. The Labute approximate surface area is 137 Å². The minimum Gasteiger partial charge on any atom is -0.496 e. The van der Waals surface area contributed by atoms with Crippen molar-refractivity contribution in [1.82, 2.24) is 4.98 Å². The van der Waals surface area contributed by atoms with Crippen molar-refractivity contribution in [2.75, 3.05) is 12.0 Å². The molecule has 0 saturated heterocycles. The highest BCUT2D eigenvalue weighted by atomic mass is 79.9. The molecule has 5 nitrogen and oxygen atoms in total. The summed E-state index contributed by atoms with van der Waals surface area (Å²) in [5, 5.41) is 9.50. The van der Waals surface area contributed by atoms with Gasteiger partial charge in [0, 0.05) is 27.5 Å². The molecule has 0 unspecified atom stereocenters. The maximum atomic E-state index is 11.6. The van der Waals surface area contributed by atoms with Crippen molar-refractivity contribution in [1.29, 1.82) is 0 Å². The number of methoxy groups -OCH3 is 1. The predicted molar refractivity (Wildman–Crippen MR) is 88.6 cm³/mol. The summed E-state index contributed by atoms with van der Waals surface area (Å²) < 4.78 is 6.19. The van der Waals surface area contributed by atoms with Gasteiger partial charge in [0.25, 0.3) is 0 Å². The van der Waals surface area contributed by atoms with Crippen LogP contribution in [-0.2, 0) is 6.54 Å². The maximum Gasteiger partial charge on any atom is 0.412 e. The molecule has 0 fully saturated rings. The standard InChI is InChI=1S/C16H17BrN2O3/c1-10-8-18-14(11(2)15(10)22-3)9-19(16(20)21)13-6-4-5-12(17)7-13/h4-8H,9H2,1-3H3,(H,20,21). The summed E-state index contributed by atoms with van der Waals surface area (Å²) in [6.07, 6.45) is 0.668. The van der Waals surface area contributed by atoms with Gasteiger partial charge in [0.2, 0.25) is 0 Å². The summed E-state index contributed by atoms with van der Waals surface area (Å²) in [7, 11) is 1.60. The molecule has 1 aromatic heterocycles. The highest BCUT2D eigenvalue weighted by Crippen LogP contribution is 2.27. The number of aromatic nitrogens is 1. The van der Waals surface area contributed by atoms with E-state index in [1.54, 1.807) is 31.5 Å². The van der Waals surface area contributed by atoms with E-state index in [9.17, 15) is 9.90 Å². The first-order valence-electron chi connectivity index (χ1n) is 6.69. The van der Waals surface area contributed by atoms with E-state index in [-0.39, 0.29) is 6.54 Å². The van der Waals surface area contributed by atoms with Crippen molar-refractivity contribution in [3.05, 3.63) is 51.8 Å². The smallest absolute Gasteiger partial charge is 0.412 e. The van der Waals surface area contributed by atoms with E-state index in [0.29, 0.717) is 11.4 Å². The highest BCUT2D eigenvalue weighted by molar-refractivity contribution is 9.10. The van der Waals surface area contributed by atoms with Crippen molar-refractivity contribution in [3.8, 4) is 5.75 Å². The van der Waals surface area contributed by atoms with Crippen LogP contribution in [0.25, 0.3) is 0 Å². The number of rotatable bonds is 4. The van der Waals surface area contributed by atoms with Gasteiger partial charge in [-0.3, -0.25) is 9.88 Å². The van der Waals surface area contributed by atoms with E-state index < -0.39 is 6.09 Å². The number of aryl methyl sites for hydroxylation is 1. The van der Waals surface area contributed by atoms with E-state index >= 15 is 0 Å². The van der Waals surface area contributed by atoms with E-state index in [0.717, 1.165) is 21.3 Å². The minimum absolute atomic E-state index is 0.161. The topological polar surface area (TPSA) is 62.7 Å². The van der Waals surface area contributed by atoms with Crippen LogP contribution in [0.3, 0.4) is 0 Å². The number of carbonyl (C=O) groups is 1. The van der Waals surface area contributed by atoms with Crippen molar-refractivity contribution in [2.45, 2.75) is 20.4 Å². The Morgan fingerprint density at radius 3 is 2.73 bits per heavy atom. The lowest BCUT2D eigenvalue weighted by atomic mass is 10.1. The van der Waals surface area contributed by atoms with Gasteiger partial charge in [-0.2, -0.15) is 0 Å². The summed E-state index contributed by atoms with van der Waals surface area (Å²) in [6.45, 7) is 3.95. The Morgan fingerprint density at radius 1 is 1.41 bits per heavy atom. The fraction of sp³-hybridized carbons (Fsp3) is 0.250. The minimum atomic E-state index is -1.03. The maximum absolute atomic E-state index is 11.6. The van der Waals surface area contributed by atoms with Crippen LogP contribution in [0.2, 0.25) is 0 Å². The van der Waals surface area contributed by atoms with Crippen LogP contribution in [0.4, 0.5) is 10.5 Å². The Balaban J connectivity index is 2.39. The zero-order chi connectivity index (χ0) is 16.3. The SMILES string of the molecule is COc1c(C)cnc(CN(C(=O)O)c2cccc(Br)c2)c1C. The van der Waals surface area contributed by atoms with Gasteiger partial charge in [-0.25, -0.2) is 4.79 Å². The van der Waals surface area contributed by atoms with Gasteiger partial charge in [0.05, 0.1) is 19.3 Å². The van der Waals surface area contributed by atoms with Crippen LogP contribution in [0.1, 0.15) is 16.8 Å². The van der Waals surface area contributed by atoms with Gasteiger partial charge >= 0.3 is 6.09 Å². The van der Waals surface area contributed by atoms with Crippen LogP contribution in [0, 0.1) is 13.8 Å². The molecule has 1 amide bonds. The van der Waals surface area contributed by atoms with Gasteiger partial charge in [0.15, 0.2) is 0 Å². The molecule has 116 valence electrons. The quantitative estimate of drug-likeness (QED) is 0.884. The van der Waals surface area contributed by atoms with Gasteiger partial charge in [-0.05, 0) is 32.0 Å². The molecule has 0 aliphatic heterocycles. The number of anilines is 1. The molecule has 1 N–H and O–H groups in total. The number of benzene rings is 1. The molecule has 0 bridgehead atoms. The molecule has 22 heavy (non-hydrogen) atoms. The molecule has 0 radical (unpaired) electrons. The van der Waals surface area contributed by atoms with Crippen LogP contribution >= 0.6 is 15.9 Å². The number of pyridine rings is 1. The molecular formula is C16H17BrN2O3. The number of nitrogens with zero attached hydrogens (tertiary/aromatic N) is 2. The van der Waals surface area contributed by atoms with Gasteiger partial charge in [0.1, 0.15) is 5.75 Å². The Bertz CT molecular complexity index is 704. The first-order valence-corrected chi connectivity index (χ1v) is 7.48. The number of ether oxygens (including phenoxy) is 1. The Kier molecular flexibility index (Phi) is 5.03. The second kappa shape index (κ2) is 6.79. The summed E-state index contributed by atoms with van der Waals surface area (Å²) in [6, 6.07) is 7.15. The summed E-state index contributed by atoms with van der Waals surface area (Å²) >= 11 is 3.36. The lowest BCUT2D eigenvalue weighted by molar-refractivity contribution is 0.201. The molecular weight excluding hydrogens is 348 g/mol. The van der Waals surface area contributed by atoms with Crippen LogP contribution in [-0.4, -0.2) is 23.3 Å². The fourth-order valence-corrected chi connectivity index (χ4v) is 2.68.